The Morgan fingerprint density at radius 1 is 1.26 bits per heavy atom. The van der Waals surface area contributed by atoms with Crippen molar-refractivity contribution in [1.29, 1.82) is 0 Å². The van der Waals surface area contributed by atoms with Gasteiger partial charge in [-0.05, 0) is 59.3 Å². The topological polar surface area (TPSA) is 27.7 Å². The van der Waals surface area contributed by atoms with Gasteiger partial charge >= 0.3 is 0 Å². The third-order valence-corrected chi connectivity index (χ3v) is 4.10. The van der Waals surface area contributed by atoms with Gasteiger partial charge in [0, 0.05) is 5.33 Å². The molecule has 0 saturated heterocycles. The Morgan fingerprint density at radius 2 is 2.05 bits per heavy atom. The fourth-order valence-corrected chi connectivity index (χ4v) is 2.63. The van der Waals surface area contributed by atoms with Crippen LogP contribution in [-0.2, 0) is 10.1 Å². The number of hydrogen-bond donors (Lipinski definition) is 0. The quantitative estimate of drug-likeness (QED) is 0.369. The van der Waals surface area contributed by atoms with E-state index in [1.807, 2.05) is 19.1 Å². The van der Waals surface area contributed by atoms with Crippen LogP contribution in [0.25, 0.3) is 0 Å². The lowest BCUT2D eigenvalue weighted by molar-refractivity contribution is 0.00795. The zero-order valence-corrected chi connectivity index (χ0v) is 14.1. The highest BCUT2D eigenvalue weighted by Crippen LogP contribution is 2.37. The lowest BCUT2D eigenvalue weighted by Gasteiger charge is -2.15. The Kier molecular flexibility index (Phi) is 5.98. The fourth-order valence-electron chi connectivity index (χ4n) is 1.70. The molecule has 1 fully saturated rings. The Bertz CT molecular complexity index is 419. The number of benzene rings is 1. The van der Waals surface area contributed by atoms with Gasteiger partial charge < -0.3 is 14.2 Å². The van der Waals surface area contributed by atoms with Crippen molar-refractivity contribution >= 4 is 31.9 Å². The molecule has 0 unspecified atom stereocenters. The monoisotopic (exact) mass is 392 g/mol. The first-order chi connectivity index (χ1) is 9.24. The molecular weight excluding hydrogens is 376 g/mol. The predicted octanol–water partition coefficient (Wildman–Crippen LogP) is 4.51. The van der Waals surface area contributed by atoms with Crippen LogP contribution in [0.5, 0.6) is 11.5 Å². The second-order valence-electron chi connectivity index (χ2n) is 4.55. The second kappa shape index (κ2) is 7.50. The van der Waals surface area contributed by atoms with Gasteiger partial charge in [-0.1, -0.05) is 15.9 Å². The molecule has 106 valence electrons. The summed E-state index contributed by atoms with van der Waals surface area (Å²) in [4.78, 5) is 0. The first kappa shape index (κ1) is 15.1. The average molecular weight is 394 g/mol. The predicted molar refractivity (Wildman–Crippen MR) is 82.1 cm³/mol. The van der Waals surface area contributed by atoms with Crippen molar-refractivity contribution in [2.45, 2.75) is 25.1 Å². The highest BCUT2D eigenvalue weighted by atomic mass is 79.9. The molecular formula is C14H18Br2O3. The SMILES string of the molecule is CCOc1cc(CBr)cc(Br)c1OCOCC1CC1. The average Bonchev–Trinajstić information content (AvgIpc) is 3.21. The number of alkyl halides is 1. The lowest BCUT2D eigenvalue weighted by Crippen LogP contribution is -2.07. The molecule has 3 nitrogen and oxygen atoms in total. The highest BCUT2D eigenvalue weighted by molar-refractivity contribution is 9.10. The molecule has 0 N–H and O–H groups in total. The molecule has 1 saturated carbocycles. The van der Waals surface area contributed by atoms with Gasteiger partial charge in [-0.3, -0.25) is 0 Å². The minimum absolute atomic E-state index is 0.267. The van der Waals surface area contributed by atoms with Crippen molar-refractivity contribution in [2.24, 2.45) is 5.92 Å². The summed E-state index contributed by atoms with van der Waals surface area (Å²) in [6.07, 6.45) is 2.57. The molecule has 2 rings (SSSR count). The normalized spacial score (nSPS) is 14.5. The Hall–Kier alpha value is -0.260. The Labute approximate surface area is 130 Å². The molecule has 0 bridgehead atoms. The number of halogens is 2. The molecule has 0 aromatic heterocycles. The third kappa shape index (κ3) is 4.65. The molecule has 0 aliphatic heterocycles. The van der Waals surface area contributed by atoms with Crippen LogP contribution >= 0.6 is 31.9 Å². The number of rotatable bonds is 8. The molecule has 1 aliphatic rings. The highest BCUT2D eigenvalue weighted by Gasteiger charge is 2.21. The van der Waals surface area contributed by atoms with Gasteiger partial charge in [0.05, 0.1) is 17.7 Å². The molecule has 1 aliphatic carbocycles. The van der Waals surface area contributed by atoms with Crippen LogP contribution < -0.4 is 9.47 Å². The van der Waals surface area contributed by atoms with Crippen LogP contribution in [0, 0.1) is 5.92 Å². The van der Waals surface area contributed by atoms with Crippen LogP contribution in [0.15, 0.2) is 16.6 Å². The van der Waals surface area contributed by atoms with Crippen molar-refractivity contribution in [2.75, 3.05) is 20.0 Å². The van der Waals surface area contributed by atoms with Gasteiger partial charge in [-0.15, -0.1) is 0 Å². The Balaban J connectivity index is 1.98. The maximum absolute atomic E-state index is 5.69. The van der Waals surface area contributed by atoms with Crippen molar-refractivity contribution < 1.29 is 14.2 Å². The van der Waals surface area contributed by atoms with Crippen molar-refractivity contribution in [3.63, 3.8) is 0 Å². The minimum Gasteiger partial charge on any atom is -0.490 e. The summed E-state index contributed by atoms with van der Waals surface area (Å²) < 4.78 is 17.7. The van der Waals surface area contributed by atoms with Gasteiger partial charge in [0.2, 0.25) is 0 Å². The van der Waals surface area contributed by atoms with E-state index in [0.29, 0.717) is 12.4 Å². The van der Waals surface area contributed by atoms with Crippen LogP contribution in [0.1, 0.15) is 25.3 Å². The van der Waals surface area contributed by atoms with Crippen molar-refractivity contribution in [3.05, 3.63) is 22.2 Å². The zero-order chi connectivity index (χ0) is 13.7. The van der Waals surface area contributed by atoms with Crippen LogP contribution in [-0.4, -0.2) is 20.0 Å². The standard InChI is InChI=1S/C14H18Br2O3/c1-2-18-13-6-11(7-15)5-12(16)14(13)19-9-17-8-10-3-4-10/h5-6,10H,2-4,7-9H2,1H3. The summed E-state index contributed by atoms with van der Waals surface area (Å²) in [6.45, 7) is 3.63. The maximum Gasteiger partial charge on any atom is 0.189 e. The molecule has 0 heterocycles. The largest absolute Gasteiger partial charge is 0.490 e. The zero-order valence-electron chi connectivity index (χ0n) is 11.0. The van der Waals surface area contributed by atoms with Crippen LogP contribution in [0.3, 0.4) is 0 Å². The first-order valence-corrected chi connectivity index (χ1v) is 8.37. The Morgan fingerprint density at radius 3 is 2.68 bits per heavy atom. The number of ether oxygens (including phenoxy) is 3. The van der Waals surface area contributed by atoms with Gasteiger partial charge in [-0.25, -0.2) is 0 Å². The summed E-state index contributed by atoms with van der Waals surface area (Å²) >= 11 is 6.97. The molecule has 0 spiro atoms. The van der Waals surface area contributed by atoms with E-state index < -0.39 is 0 Å². The van der Waals surface area contributed by atoms with Crippen molar-refractivity contribution in [1.82, 2.24) is 0 Å². The molecule has 0 radical (unpaired) electrons. The summed E-state index contributed by atoms with van der Waals surface area (Å²) in [5, 5.41) is 0.782. The van der Waals surface area contributed by atoms with Gasteiger partial charge in [0.25, 0.3) is 0 Å². The molecule has 0 atom stereocenters. The molecule has 0 amide bonds. The second-order valence-corrected chi connectivity index (χ2v) is 5.96. The summed E-state index contributed by atoms with van der Waals surface area (Å²) in [5.41, 5.74) is 1.14. The molecule has 1 aromatic rings. The van der Waals surface area contributed by atoms with Gasteiger partial charge in [0.1, 0.15) is 0 Å². The van der Waals surface area contributed by atoms with E-state index in [1.54, 1.807) is 0 Å². The number of hydrogen-bond acceptors (Lipinski definition) is 3. The molecule has 1 aromatic carbocycles. The van der Waals surface area contributed by atoms with E-state index in [4.69, 9.17) is 14.2 Å². The van der Waals surface area contributed by atoms with E-state index in [9.17, 15) is 0 Å². The van der Waals surface area contributed by atoms with E-state index in [2.05, 4.69) is 31.9 Å². The maximum atomic E-state index is 5.69. The van der Waals surface area contributed by atoms with Gasteiger partial charge in [-0.2, -0.15) is 0 Å². The third-order valence-electron chi connectivity index (χ3n) is 2.86. The first-order valence-electron chi connectivity index (χ1n) is 6.46. The lowest BCUT2D eigenvalue weighted by atomic mass is 10.2. The smallest absolute Gasteiger partial charge is 0.189 e. The van der Waals surface area contributed by atoms with Gasteiger partial charge in [0.15, 0.2) is 18.3 Å². The molecule has 19 heavy (non-hydrogen) atoms. The van der Waals surface area contributed by atoms with E-state index in [0.717, 1.165) is 33.6 Å². The van der Waals surface area contributed by atoms with E-state index >= 15 is 0 Å². The minimum atomic E-state index is 0.267. The van der Waals surface area contributed by atoms with E-state index in [-0.39, 0.29) is 6.79 Å². The summed E-state index contributed by atoms with van der Waals surface area (Å²) in [7, 11) is 0. The van der Waals surface area contributed by atoms with Crippen LogP contribution in [0.2, 0.25) is 0 Å². The fraction of sp³-hybridized carbons (Fsp3) is 0.571. The van der Waals surface area contributed by atoms with Crippen LogP contribution in [0.4, 0.5) is 0 Å². The van der Waals surface area contributed by atoms with E-state index in [1.165, 1.54) is 12.8 Å². The summed E-state index contributed by atoms with van der Waals surface area (Å²) in [5.74, 6) is 2.21. The summed E-state index contributed by atoms with van der Waals surface area (Å²) in [6, 6.07) is 4.01. The molecule has 5 heteroatoms. The van der Waals surface area contributed by atoms with Crippen molar-refractivity contribution in [3.8, 4) is 11.5 Å².